The van der Waals surface area contributed by atoms with E-state index in [1.165, 1.54) is 25.0 Å². The van der Waals surface area contributed by atoms with Crippen LogP contribution in [0.5, 0.6) is 0 Å². The lowest BCUT2D eigenvalue weighted by Gasteiger charge is -2.41. The zero-order valence-corrected chi connectivity index (χ0v) is 13.7. The molecule has 0 spiro atoms. The molecule has 0 saturated heterocycles. The van der Waals surface area contributed by atoms with Crippen molar-refractivity contribution in [3.05, 3.63) is 23.0 Å². The second-order valence-electron chi connectivity index (χ2n) is 5.59. The molecule has 1 aliphatic carbocycles. The SMILES string of the molecule is CSC1(Cn2c(C)cc(C(=O)C(C)Cl)c2C)CCC1. The molecule has 0 aliphatic heterocycles. The maximum atomic E-state index is 12.1. The first-order valence-electron chi connectivity index (χ1n) is 6.80. The Morgan fingerprint density at radius 3 is 2.58 bits per heavy atom. The van der Waals surface area contributed by atoms with Gasteiger partial charge in [0.05, 0.1) is 5.38 Å². The van der Waals surface area contributed by atoms with Crippen LogP contribution in [0.25, 0.3) is 0 Å². The number of nitrogens with zero attached hydrogens (tertiary/aromatic N) is 1. The van der Waals surface area contributed by atoms with Crippen LogP contribution in [-0.2, 0) is 6.54 Å². The van der Waals surface area contributed by atoms with E-state index in [2.05, 4.69) is 17.7 Å². The van der Waals surface area contributed by atoms with Gasteiger partial charge in [-0.1, -0.05) is 6.42 Å². The molecule has 1 unspecified atom stereocenters. The normalized spacial score (nSPS) is 19.0. The molecule has 1 aromatic heterocycles. The van der Waals surface area contributed by atoms with Gasteiger partial charge in [-0.15, -0.1) is 11.6 Å². The summed E-state index contributed by atoms with van der Waals surface area (Å²) < 4.78 is 2.67. The highest BCUT2D eigenvalue weighted by Gasteiger charge is 2.37. The van der Waals surface area contributed by atoms with Gasteiger partial charge in [-0.25, -0.2) is 0 Å². The molecule has 106 valence electrons. The van der Waals surface area contributed by atoms with Gasteiger partial charge in [0.1, 0.15) is 0 Å². The molecular formula is C15H22ClNOS. The summed E-state index contributed by atoms with van der Waals surface area (Å²) in [6.07, 6.45) is 6.08. The minimum atomic E-state index is -0.452. The van der Waals surface area contributed by atoms with Crippen LogP contribution in [0.1, 0.15) is 47.9 Å². The van der Waals surface area contributed by atoms with Crippen molar-refractivity contribution >= 4 is 29.1 Å². The Hall–Kier alpha value is -0.410. The number of carbonyl (C=O) groups excluding carboxylic acids is 1. The lowest BCUT2D eigenvalue weighted by atomic mass is 9.84. The van der Waals surface area contributed by atoms with Gasteiger partial charge < -0.3 is 4.57 Å². The molecule has 1 saturated carbocycles. The van der Waals surface area contributed by atoms with Gasteiger partial charge in [0.2, 0.25) is 0 Å². The van der Waals surface area contributed by atoms with E-state index < -0.39 is 5.38 Å². The Balaban J connectivity index is 2.29. The average Bonchev–Trinajstić information content (AvgIpc) is 2.59. The topological polar surface area (TPSA) is 22.0 Å². The standard InChI is InChI=1S/C15H22ClNOS/c1-10-8-13(14(18)11(2)16)12(3)17(10)9-15(19-4)6-5-7-15/h8,11H,5-7,9H2,1-4H3. The molecule has 1 atom stereocenters. The molecule has 0 radical (unpaired) electrons. The van der Waals surface area contributed by atoms with Gasteiger partial charge in [0, 0.05) is 28.2 Å². The van der Waals surface area contributed by atoms with Crippen molar-refractivity contribution < 1.29 is 4.79 Å². The first kappa shape index (κ1) is 15.0. The summed E-state index contributed by atoms with van der Waals surface area (Å²) in [6.45, 7) is 6.86. The summed E-state index contributed by atoms with van der Waals surface area (Å²) in [5.74, 6) is 0.0350. The molecule has 2 rings (SSSR count). The summed E-state index contributed by atoms with van der Waals surface area (Å²) in [5.41, 5.74) is 3.02. The van der Waals surface area contributed by atoms with E-state index in [0.717, 1.165) is 17.8 Å². The maximum absolute atomic E-state index is 12.1. The van der Waals surface area contributed by atoms with Crippen molar-refractivity contribution in [2.45, 2.75) is 56.7 Å². The van der Waals surface area contributed by atoms with Gasteiger partial charge >= 0.3 is 0 Å². The predicted molar refractivity (Wildman–Crippen MR) is 83.6 cm³/mol. The van der Waals surface area contributed by atoms with Crippen LogP contribution in [0, 0.1) is 13.8 Å². The molecule has 0 N–H and O–H groups in total. The third kappa shape index (κ3) is 2.73. The number of hydrogen-bond donors (Lipinski definition) is 0. The molecule has 0 aromatic carbocycles. The fourth-order valence-corrected chi connectivity index (χ4v) is 3.87. The molecule has 4 heteroatoms. The number of Topliss-reactive ketones (excluding diaryl/α,β-unsaturated/α-hetero) is 1. The Kier molecular flexibility index (Phi) is 4.36. The average molecular weight is 300 g/mol. The first-order valence-corrected chi connectivity index (χ1v) is 8.46. The van der Waals surface area contributed by atoms with Gasteiger partial charge in [0.25, 0.3) is 0 Å². The second-order valence-corrected chi connectivity index (χ2v) is 7.52. The fraction of sp³-hybridized carbons (Fsp3) is 0.667. The molecule has 0 amide bonds. The Bertz CT molecular complexity index is 483. The van der Waals surface area contributed by atoms with Crippen LogP contribution < -0.4 is 0 Å². The fourth-order valence-electron chi connectivity index (χ4n) is 2.79. The van der Waals surface area contributed by atoms with Gasteiger partial charge in [-0.3, -0.25) is 4.79 Å². The van der Waals surface area contributed by atoms with Crippen LogP contribution in [0.2, 0.25) is 0 Å². The molecule has 19 heavy (non-hydrogen) atoms. The van der Waals surface area contributed by atoms with E-state index in [9.17, 15) is 4.79 Å². The quantitative estimate of drug-likeness (QED) is 0.600. The number of aryl methyl sites for hydroxylation is 1. The minimum absolute atomic E-state index is 0.0350. The first-order chi connectivity index (χ1) is 8.90. The van der Waals surface area contributed by atoms with E-state index in [1.807, 2.05) is 24.8 Å². The van der Waals surface area contributed by atoms with Crippen LogP contribution >= 0.6 is 23.4 Å². The summed E-state index contributed by atoms with van der Waals surface area (Å²) in [6, 6.07) is 1.99. The highest BCUT2D eigenvalue weighted by Crippen LogP contribution is 2.44. The molecular weight excluding hydrogens is 278 g/mol. The summed E-state index contributed by atoms with van der Waals surface area (Å²) >= 11 is 7.90. The number of halogens is 1. The van der Waals surface area contributed by atoms with E-state index in [0.29, 0.717) is 4.75 Å². The van der Waals surface area contributed by atoms with Crippen LogP contribution in [0.15, 0.2) is 6.07 Å². The van der Waals surface area contributed by atoms with Crippen molar-refractivity contribution in [3.8, 4) is 0 Å². The third-order valence-electron chi connectivity index (χ3n) is 4.34. The largest absolute Gasteiger partial charge is 0.347 e. The number of alkyl halides is 1. The Morgan fingerprint density at radius 1 is 1.53 bits per heavy atom. The van der Waals surface area contributed by atoms with E-state index >= 15 is 0 Å². The Labute approximate surface area is 124 Å². The molecule has 2 nitrogen and oxygen atoms in total. The molecule has 1 aliphatic rings. The summed E-state index contributed by atoms with van der Waals surface area (Å²) in [4.78, 5) is 12.1. The molecule has 0 bridgehead atoms. The van der Waals surface area contributed by atoms with Crippen molar-refractivity contribution in [1.82, 2.24) is 4.57 Å². The molecule has 1 fully saturated rings. The second kappa shape index (κ2) is 5.53. The van der Waals surface area contributed by atoms with E-state index in [1.54, 1.807) is 6.92 Å². The maximum Gasteiger partial charge on any atom is 0.182 e. The van der Waals surface area contributed by atoms with Gasteiger partial charge in [-0.05, 0) is 45.9 Å². The lowest BCUT2D eigenvalue weighted by molar-refractivity contribution is 0.0991. The Morgan fingerprint density at radius 2 is 2.16 bits per heavy atom. The van der Waals surface area contributed by atoms with E-state index in [4.69, 9.17) is 11.6 Å². The number of aromatic nitrogens is 1. The van der Waals surface area contributed by atoms with Gasteiger partial charge in [-0.2, -0.15) is 11.8 Å². The predicted octanol–water partition coefficient (Wildman–Crippen LogP) is 4.20. The molecule has 1 aromatic rings. The molecule has 1 heterocycles. The number of carbonyl (C=O) groups is 1. The van der Waals surface area contributed by atoms with Crippen molar-refractivity contribution in [3.63, 3.8) is 0 Å². The summed E-state index contributed by atoms with van der Waals surface area (Å²) in [7, 11) is 0. The zero-order chi connectivity index (χ0) is 14.2. The highest BCUT2D eigenvalue weighted by molar-refractivity contribution is 8.00. The summed E-state index contributed by atoms with van der Waals surface area (Å²) in [5, 5.41) is -0.452. The monoisotopic (exact) mass is 299 g/mol. The van der Waals surface area contributed by atoms with Crippen molar-refractivity contribution in [2.24, 2.45) is 0 Å². The highest BCUT2D eigenvalue weighted by atomic mass is 35.5. The van der Waals surface area contributed by atoms with Crippen molar-refractivity contribution in [1.29, 1.82) is 0 Å². The van der Waals surface area contributed by atoms with Crippen LogP contribution in [0.3, 0.4) is 0 Å². The third-order valence-corrected chi connectivity index (χ3v) is 5.95. The van der Waals surface area contributed by atoms with Crippen LogP contribution in [0.4, 0.5) is 0 Å². The number of ketones is 1. The number of hydrogen-bond acceptors (Lipinski definition) is 2. The number of rotatable bonds is 5. The van der Waals surface area contributed by atoms with Crippen LogP contribution in [-0.4, -0.2) is 26.7 Å². The van der Waals surface area contributed by atoms with Gasteiger partial charge in [0.15, 0.2) is 5.78 Å². The van der Waals surface area contributed by atoms with Crippen molar-refractivity contribution in [2.75, 3.05) is 6.26 Å². The minimum Gasteiger partial charge on any atom is -0.347 e. The number of thioether (sulfide) groups is 1. The lowest BCUT2D eigenvalue weighted by Crippen LogP contribution is -2.38. The smallest absolute Gasteiger partial charge is 0.182 e. The zero-order valence-electron chi connectivity index (χ0n) is 12.1. The van der Waals surface area contributed by atoms with E-state index in [-0.39, 0.29) is 5.78 Å².